The first-order valence-corrected chi connectivity index (χ1v) is 7.34. The molecular formula is C18H21NO. The van der Waals surface area contributed by atoms with Crippen molar-refractivity contribution >= 4 is 0 Å². The van der Waals surface area contributed by atoms with Crippen LogP contribution in [0.4, 0.5) is 0 Å². The predicted octanol–water partition coefficient (Wildman–Crippen LogP) is 3.82. The molecule has 2 nitrogen and oxygen atoms in total. The van der Waals surface area contributed by atoms with Gasteiger partial charge in [0.25, 0.3) is 0 Å². The molecule has 0 radical (unpaired) electrons. The maximum atomic E-state index is 6.01. The highest BCUT2D eigenvalue weighted by Crippen LogP contribution is 2.35. The molecule has 20 heavy (non-hydrogen) atoms. The van der Waals surface area contributed by atoms with Crippen LogP contribution in [0.2, 0.25) is 0 Å². The molecule has 0 fully saturated rings. The summed E-state index contributed by atoms with van der Waals surface area (Å²) in [7, 11) is 0. The Morgan fingerprint density at radius 1 is 1.15 bits per heavy atom. The van der Waals surface area contributed by atoms with Crippen molar-refractivity contribution < 1.29 is 4.74 Å². The molecule has 2 aromatic rings. The topological polar surface area (TPSA) is 35.2 Å². The Kier molecular flexibility index (Phi) is 3.75. The summed E-state index contributed by atoms with van der Waals surface area (Å²) < 4.78 is 5.89. The summed E-state index contributed by atoms with van der Waals surface area (Å²) in [6.45, 7) is 2.86. The minimum Gasteiger partial charge on any atom is -0.493 e. The molecule has 2 N–H and O–H groups in total. The standard InChI is InChI=1S/C18H21NO/c1-2-18(19)13-7-9-16(10-8-13)20-12-15-11-14-5-3-4-6-17(14)15/h3-10,15,18H,2,11-12,19H2,1H3/t15?,18-/m1/s1. The molecule has 0 heterocycles. The van der Waals surface area contributed by atoms with E-state index in [0.29, 0.717) is 5.92 Å². The minimum atomic E-state index is 0.127. The van der Waals surface area contributed by atoms with Crippen molar-refractivity contribution in [3.63, 3.8) is 0 Å². The van der Waals surface area contributed by atoms with Crippen molar-refractivity contribution in [1.29, 1.82) is 0 Å². The number of nitrogens with two attached hydrogens (primary N) is 1. The molecule has 3 rings (SSSR count). The molecule has 0 saturated heterocycles. The molecule has 0 aliphatic heterocycles. The fourth-order valence-electron chi connectivity index (χ4n) is 2.76. The van der Waals surface area contributed by atoms with Crippen molar-refractivity contribution in [2.45, 2.75) is 31.7 Å². The van der Waals surface area contributed by atoms with Gasteiger partial charge in [0.15, 0.2) is 0 Å². The summed E-state index contributed by atoms with van der Waals surface area (Å²) in [5.41, 5.74) is 10.1. The molecule has 1 unspecified atom stereocenters. The molecule has 0 saturated carbocycles. The van der Waals surface area contributed by atoms with Gasteiger partial charge in [-0.3, -0.25) is 0 Å². The van der Waals surface area contributed by atoms with E-state index >= 15 is 0 Å². The van der Waals surface area contributed by atoms with Gasteiger partial charge < -0.3 is 10.5 Å². The average molecular weight is 267 g/mol. The van der Waals surface area contributed by atoms with Crippen molar-refractivity contribution in [3.05, 3.63) is 65.2 Å². The highest BCUT2D eigenvalue weighted by atomic mass is 16.5. The maximum absolute atomic E-state index is 6.01. The van der Waals surface area contributed by atoms with E-state index in [9.17, 15) is 0 Å². The Balaban J connectivity index is 1.57. The molecule has 0 amide bonds. The lowest BCUT2D eigenvalue weighted by atomic mass is 9.78. The molecule has 0 spiro atoms. The lowest BCUT2D eigenvalue weighted by Gasteiger charge is -2.29. The van der Waals surface area contributed by atoms with Gasteiger partial charge >= 0.3 is 0 Å². The quantitative estimate of drug-likeness (QED) is 0.894. The molecule has 0 aromatic heterocycles. The fourth-order valence-corrected chi connectivity index (χ4v) is 2.76. The smallest absolute Gasteiger partial charge is 0.119 e. The molecule has 2 heteroatoms. The van der Waals surface area contributed by atoms with Crippen molar-refractivity contribution in [2.75, 3.05) is 6.61 Å². The summed E-state index contributed by atoms with van der Waals surface area (Å²) in [4.78, 5) is 0. The maximum Gasteiger partial charge on any atom is 0.119 e. The van der Waals surface area contributed by atoms with Gasteiger partial charge in [0.2, 0.25) is 0 Å². The second-order valence-electron chi connectivity index (χ2n) is 5.49. The number of fused-ring (bicyclic) bond motifs is 1. The largest absolute Gasteiger partial charge is 0.493 e. The van der Waals surface area contributed by atoms with E-state index in [1.165, 1.54) is 16.7 Å². The van der Waals surface area contributed by atoms with Crippen LogP contribution >= 0.6 is 0 Å². The Bertz CT molecular complexity index is 576. The van der Waals surface area contributed by atoms with Gasteiger partial charge in [0.05, 0.1) is 6.61 Å². The lowest BCUT2D eigenvalue weighted by molar-refractivity contribution is 0.275. The van der Waals surface area contributed by atoms with Crippen LogP contribution in [0.1, 0.15) is 42.0 Å². The lowest BCUT2D eigenvalue weighted by Crippen LogP contribution is -2.23. The third kappa shape index (κ3) is 2.56. The van der Waals surface area contributed by atoms with Crippen LogP contribution in [0.3, 0.4) is 0 Å². The molecule has 0 bridgehead atoms. The number of hydrogen-bond donors (Lipinski definition) is 1. The first-order valence-electron chi connectivity index (χ1n) is 7.34. The molecule has 2 atom stereocenters. The normalized spacial score (nSPS) is 18.0. The number of benzene rings is 2. The Morgan fingerprint density at radius 2 is 1.90 bits per heavy atom. The molecule has 1 aliphatic rings. The SMILES string of the molecule is CC[C@@H](N)c1ccc(OCC2Cc3ccccc32)cc1. The van der Waals surface area contributed by atoms with Gasteiger partial charge in [-0.25, -0.2) is 0 Å². The van der Waals surface area contributed by atoms with Crippen LogP contribution in [0, 0.1) is 0 Å². The summed E-state index contributed by atoms with van der Waals surface area (Å²) >= 11 is 0. The van der Waals surface area contributed by atoms with Gasteiger partial charge in [0, 0.05) is 12.0 Å². The highest BCUT2D eigenvalue weighted by Gasteiger charge is 2.25. The van der Waals surface area contributed by atoms with Crippen molar-refractivity contribution in [1.82, 2.24) is 0 Å². The van der Waals surface area contributed by atoms with Crippen LogP contribution in [-0.2, 0) is 6.42 Å². The van der Waals surface area contributed by atoms with Gasteiger partial charge in [-0.2, -0.15) is 0 Å². The van der Waals surface area contributed by atoms with Crippen LogP contribution in [0.15, 0.2) is 48.5 Å². The third-order valence-electron chi connectivity index (χ3n) is 4.16. The molecule has 104 valence electrons. The van der Waals surface area contributed by atoms with Crippen molar-refractivity contribution in [3.8, 4) is 5.75 Å². The van der Waals surface area contributed by atoms with E-state index in [1.54, 1.807) is 0 Å². The van der Waals surface area contributed by atoms with E-state index in [4.69, 9.17) is 10.5 Å². The Morgan fingerprint density at radius 3 is 2.60 bits per heavy atom. The summed E-state index contributed by atoms with van der Waals surface area (Å²) in [5, 5.41) is 0. The van der Waals surface area contributed by atoms with Gasteiger partial charge in [-0.1, -0.05) is 43.3 Å². The first kappa shape index (κ1) is 13.2. The zero-order valence-corrected chi connectivity index (χ0v) is 11.9. The van der Waals surface area contributed by atoms with E-state index < -0.39 is 0 Å². The monoisotopic (exact) mass is 267 g/mol. The zero-order valence-electron chi connectivity index (χ0n) is 11.9. The van der Waals surface area contributed by atoms with Crippen LogP contribution in [0.25, 0.3) is 0 Å². The first-order chi connectivity index (χ1) is 9.78. The number of hydrogen-bond acceptors (Lipinski definition) is 2. The minimum absolute atomic E-state index is 0.127. The molecule has 1 aliphatic carbocycles. The highest BCUT2D eigenvalue weighted by molar-refractivity contribution is 5.40. The average Bonchev–Trinajstić information content (AvgIpc) is 2.48. The molecular weight excluding hydrogens is 246 g/mol. The number of ether oxygens (including phenoxy) is 1. The number of rotatable bonds is 5. The van der Waals surface area contributed by atoms with Gasteiger partial charge in [0.1, 0.15) is 5.75 Å². The zero-order chi connectivity index (χ0) is 13.9. The van der Waals surface area contributed by atoms with Gasteiger partial charge in [-0.15, -0.1) is 0 Å². The van der Waals surface area contributed by atoms with Crippen LogP contribution in [0.5, 0.6) is 5.75 Å². The van der Waals surface area contributed by atoms with Crippen LogP contribution in [-0.4, -0.2) is 6.61 Å². The summed E-state index contributed by atoms with van der Waals surface area (Å²) in [6.07, 6.45) is 2.09. The Hall–Kier alpha value is -1.80. The predicted molar refractivity (Wildman–Crippen MR) is 82.0 cm³/mol. The third-order valence-corrected chi connectivity index (χ3v) is 4.16. The van der Waals surface area contributed by atoms with E-state index in [2.05, 4.69) is 43.3 Å². The van der Waals surface area contributed by atoms with E-state index in [1.807, 2.05) is 12.1 Å². The fraction of sp³-hybridized carbons (Fsp3) is 0.333. The Labute approximate surface area is 120 Å². The second-order valence-corrected chi connectivity index (χ2v) is 5.49. The second kappa shape index (κ2) is 5.68. The van der Waals surface area contributed by atoms with E-state index in [0.717, 1.165) is 25.2 Å². The van der Waals surface area contributed by atoms with E-state index in [-0.39, 0.29) is 6.04 Å². The van der Waals surface area contributed by atoms with Crippen LogP contribution < -0.4 is 10.5 Å². The molecule has 2 aromatic carbocycles. The van der Waals surface area contributed by atoms with Gasteiger partial charge in [-0.05, 0) is 41.7 Å². The van der Waals surface area contributed by atoms with Crippen molar-refractivity contribution in [2.24, 2.45) is 5.73 Å². The summed E-state index contributed by atoms with van der Waals surface area (Å²) in [5.74, 6) is 1.48. The summed E-state index contributed by atoms with van der Waals surface area (Å²) in [6, 6.07) is 16.9.